The van der Waals surface area contributed by atoms with Gasteiger partial charge in [-0.05, 0) is 36.2 Å². The van der Waals surface area contributed by atoms with E-state index in [1.54, 1.807) is 25.3 Å². The number of hydrogen-bond donors (Lipinski definition) is 2. The number of amides is 1. The number of benzene rings is 2. The van der Waals surface area contributed by atoms with Crippen LogP contribution < -0.4 is 15.4 Å². The molecule has 3 aromatic rings. The van der Waals surface area contributed by atoms with E-state index in [0.717, 1.165) is 17.0 Å². The number of methoxy groups -OCH3 is 1. The molecule has 138 valence electrons. The van der Waals surface area contributed by atoms with Crippen LogP contribution in [0.5, 0.6) is 5.75 Å². The lowest BCUT2D eigenvalue weighted by molar-refractivity contribution is 0.102. The van der Waals surface area contributed by atoms with Crippen LogP contribution >= 0.6 is 11.6 Å². The molecule has 0 radical (unpaired) electrons. The topological polar surface area (TPSA) is 76.1 Å². The van der Waals surface area contributed by atoms with E-state index in [9.17, 15) is 4.79 Å². The van der Waals surface area contributed by atoms with Crippen LogP contribution in [0.4, 0.5) is 11.6 Å². The van der Waals surface area contributed by atoms with E-state index in [-0.39, 0.29) is 5.91 Å². The highest BCUT2D eigenvalue weighted by Gasteiger charge is 2.08. The van der Waals surface area contributed by atoms with Gasteiger partial charge in [0.2, 0.25) is 5.95 Å². The monoisotopic (exact) mass is 382 g/mol. The summed E-state index contributed by atoms with van der Waals surface area (Å²) in [5.41, 5.74) is 2.14. The number of halogens is 1. The Balaban J connectivity index is 1.53. The Morgan fingerprint density at radius 2 is 1.89 bits per heavy atom. The molecule has 0 atom stereocenters. The van der Waals surface area contributed by atoms with Crippen LogP contribution in [0.25, 0.3) is 0 Å². The van der Waals surface area contributed by atoms with Crippen molar-refractivity contribution >= 4 is 29.1 Å². The number of ether oxygens (including phenoxy) is 1. The summed E-state index contributed by atoms with van der Waals surface area (Å²) in [5.74, 6) is 0.854. The normalized spacial score (nSPS) is 10.3. The average molecular weight is 383 g/mol. The number of aromatic nitrogens is 2. The maximum absolute atomic E-state index is 12.3. The summed E-state index contributed by atoms with van der Waals surface area (Å²) in [4.78, 5) is 20.7. The van der Waals surface area contributed by atoms with Gasteiger partial charge in [0.1, 0.15) is 5.75 Å². The SMILES string of the molecule is COc1cccc(NC(=O)c2cnc(NCCc3cccc(Cl)c3)nc2)c1. The lowest BCUT2D eigenvalue weighted by atomic mass is 10.1. The highest BCUT2D eigenvalue weighted by molar-refractivity contribution is 6.30. The first-order valence-corrected chi connectivity index (χ1v) is 8.77. The van der Waals surface area contributed by atoms with Crippen molar-refractivity contribution in [1.82, 2.24) is 9.97 Å². The van der Waals surface area contributed by atoms with Crippen molar-refractivity contribution in [3.8, 4) is 5.75 Å². The molecule has 0 aliphatic rings. The molecule has 0 fully saturated rings. The van der Waals surface area contributed by atoms with Crippen molar-refractivity contribution in [2.24, 2.45) is 0 Å². The molecule has 0 aliphatic carbocycles. The van der Waals surface area contributed by atoms with Gasteiger partial charge in [0.15, 0.2) is 0 Å². The molecule has 0 aliphatic heterocycles. The molecule has 2 aromatic carbocycles. The number of carbonyl (C=O) groups is 1. The molecule has 0 unspecified atom stereocenters. The van der Waals surface area contributed by atoms with Crippen LogP contribution in [0.3, 0.4) is 0 Å². The quantitative estimate of drug-likeness (QED) is 0.644. The summed E-state index contributed by atoms with van der Waals surface area (Å²) in [5, 5.41) is 6.64. The number of nitrogens with zero attached hydrogens (tertiary/aromatic N) is 2. The molecule has 0 bridgehead atoms. The summed E-state index contributed by atoms with van der Waals surface area (Å²) >= 11 is 5.97. The summed E-state index contributed by atoms with van der Waals surface area (Å²) in [6.45, 7) is 0.662. The third-order valence-corrected chi connectivity index (χ3v) is 4.06. The fourth-order valence-electron chi connectivity index (χ4n) is 2.45. The Labute approximate surface area is 162 Å². The van der Waals surface area contributed by atoms with Gasteiger partial charge in [-0.15, -0.1) is 0 Å². The minimum Gasteiger partial charge on any atom is -0.497 e. The van der Waals surface area contributed by atoms with Gasteiger partial charge < -0.3 is 15.4 Å². The molecule has 7 heteroatoms. The minimum absolute atomic E-state index is 0.284. The smallest absolute Gasteiger partial charge is 0.258 e. The van der Waals surface area contributed by atoms with E-state index in [4.69, 9.17) is 16.3 Å². The van der Waals surface area contributed by atoms with E-state index < -0.39 is 0 Å². The van der Waals surface area contributed by atoms with Crippen LogP contribution in [0, 0.1) is 0 Å². The molecule has 1 amide bonds. The number of rotatable bonds is 7. The van der Waals surface area contributed by atoms with E-state index in [1.165, 1.54) is 12.4 Å². The zero-order valence-electron chi connectivity index (χ0n) is 14.8. The number of anilines is 2. The van der Waals surface area contributed by atoms with Crippen molar-refractivity contribution < 1.29 is 9.53 Å². The first-order chi connectivity index (χ1) is 13.1. The third-order valence-electron chi connectivity index (χ3n) is 3.83. The molecule has 1 aromatic heterocycles. The molecular weight excluding hydrogens is 364 g/mol. The summed E-state index contributed by atoms with van der Waals surface area (Å²) in [7, 11) is 1.58. The highest BCUT2D eigenvalue weighted by Crippen LogP contribution is 2.17. The van der Waals surface area contributed by atoms with E-state index >= 15 is 0 Å². The Morgan fingerprint density at radius 3 is 2.63 bits per heavy atom. The molecule has 0 saturated heterocycles. The van der Waals surface area contributed by atoms with Crippen molar-refractivity contribution in [3.63, 3.8) is 0 Å². The zero-order valence-corrected chi connectivity index (χ0v) is 15.5. The fraction of sp³-hybridized carbons (Fsp3) is 0.150. The average Bonchev–Trinajstić information content (AvgIpc) is 2.69. The second-order valence-electron chi connectivity index (χ2n) is 5.79. The Morgan fingerprint density at radius 1 is 1.11 bits per heavy atom. The number of carbonyl (C=O) groups excluding carboxylic acids is 1. The Kier molecular flexibility index (Phi) is 6.22. The fourth-order valence-corrected chi connectivity index (χ4v) is 2.66. The lowest BCUT2D eigenvalue weighted by Gasteiger charge is -2.08. The minimum atomic E-state index is -0.284. The molecule has 3 rings (SSSR count). The van der Waals surface area contributed by atoms with Crippen LogP contribution in [-0.4, -0.2) is 29.5 Å². The van der Waals surface area contributed by atoms with Crippen LogP contribution in [0.1, 0.15) is 15.9 Å². The van der Waals surface area contributed by atoms with Crippen LogP contribution in [0.2, 0.25) is 5.02 Å². The van der Waals surface area contributed by atoms with Gasteiger partial charge in [0, 0.05) is 35.7 Å². The molecule has 6 nitrogen and oxygen atoms in total. The molecule has 0 saturated carbocycles. The van der Waals surface area contributed by atoms with Gasteiger partial charge in [0.05, 0.1) is 12.7 Å². The van der Waals surface area contributed by atoms with Gasteiger partial charge in [0.25, 0.3) is 5.91 Å². The summed E-state index contributed by atoms with van der Waals surface area (Å²) in [6.07, 6.45) is 3.77. The second-order valence-corrected chi connectivity index (χ2v) is 6.22. The summed E-state index contributed by atoms with van der Waals surface area (Å²) < 4.78 is 5.14. The van der Waals surface area contributed by atoms with E-state index in [0.29, 0.717) is 29.5 Å². The molecule has 27 heavy (non-hydrogen) atoms. The first kappa shape index (κ1) is 18.7. The highest BCUT2D eigenvalue weighted by atomic mass is 35.5. The second kappa shape index (κ2) is 9.00. The maximum atomic E-state index is 12.3. The van der Waals surface area contributed by atoms with Crippen molar-refractivity contribution in [3.05, 3.63) is 77.1 Å². The van der Waals surface area contributed by atoms with Crippen molar-refractivity contribution in [1.29, 1.82) is 0 Å². The number of nitrogens with one attached hydrogen (secondary N) is 2. The van der Waals surface area contributed by atoms with E-state index in [2.05, 4.69) is 20.6 Å². The van der Waals surface area contributed by atoms with Crippen LogP contribution in [-0.2, 0) is 6.42 Å². The predicted octanol–water partition coefficient (Wildman–Crippen LogP) is 4.05. The van der Waals surface area contributed by atoms with Crippen LogP contribution in [0.15, 0.2) is 60.9 Å². The van der Waals surface area contributed by atoms with E-state index in [1.807, 2.05) is 30.3 Å². The van der Waals surface area contributed by atoms with Gasteiger partial charge in [-0.1, -0.05) is 29.8 Å². The molecule has 2 N–H and O–H groups in total. The van der Waals surface area contributed by atoms with Crippen molar-refractivity contribution in [2.45, 2.75) is 6.42 Å². The molecule has 0 spiro atoms. The van der Waals surface area contributed by atoms with Gasteiger partial charge in [-0.3, -0.25) is 4.79 Å². The zero-order chi connectivity index (χ0) is 19.1. The van der Waals surface area contributed by atoms with Crippen molar-refractivity contribution in [2.75, 3.05) is 24.3 Å². The van der Waals surface area contributed by atoms with Gasteiger partial charge in [-0.25, -0.2) is 9.97 Å². The summed E-state index contributed by atoms with van der Waals surface area (Å²) in [6, 6.07) is 14.8. The Hall–Kier alpha value is -3.12. The maximum Gasteiger partial charge on any atom is 0.258 e. The van der Waals surface area contributed by atoms with Gasteiger partial charge >= 0.3 is 0 Å². The third kappa shape index (κ3) is 5.43. The predicted molar refractivity (Wildman–Crippen MR) is 107 cm³/mol. The standard InChI is InChI=1S/C20H19ClN4O2/c1-27-18-7-3-6-17(11-18)25-19(26)15-12-23-20(24-13-15)22-9-8-14-4-2-5-16(21)10-14/h2-7,10-13H,8-9H2,1H3,(H,25,26)(H,22,23,24). The largest absolute Gasteiger partial charge is 0.497 e. The Bertz CT molecular complexity index is 916. The first-order valence-electron chi connectivity index (χ1n) is 8.40. The molecular formula is C20H19ClN4O2. The van der Waals surface area contributed by atoms with Gasteiger partial charge in [-0.2, -0.15) is 0 Å². The lowest BCUT2D eigenvalue weighted by Crippen LogP contribution is -2.14. The molecule has 1 heterocycles. The number of hydrogen-bond acceptors (Lipinski definition) is 5.